The number of aromatic amines is 1. The zero-order chi connectivity index (χ0) is 12.7. The van der Waals surface area contributed by atoms with Gasteiger partial charge >= 0.3 is 0 Å². The number of aryl methyl sites for hydroxylation is 1. The molecule has 17 heavy (non-hydrogen) atoms. The van der Waals surface area contributed by atoms with Gasteiger partial charge in [0.2, 0.25) is 0 Å². The van der Waals surface area contributed by atoms with Crippen molar-refractivity contribution in [3.8, 4) is 0 Å². The van der Waals surface area contributed by atoms with Crippen LogP contribution >= 0.6 is 66.4 Å². The number of hydrogen-bond acceptors (Lipinski definition) is 0. The van der Waals surface area contributed by atoms with Gasteiger partial charge < -0.3 is 4.98 Å². The van der Waals surface area contributed by atoms with Crippen molar-refractivity contribution in [2.24, 2.45) is 0 Å². The number of para-hydroxylation sites is 1. The Bertz CT molecular complexity index is 441. The summed E-state index contributed by atoms with van der Waals surface area (Å²) in [5.41, 5.74) is 2.67. The highest BCUT2D eigenvalue weighted by Crippen LogP contribution is 2.59. The first-order valence-electron chi connectivity index (χ1n) is 5.03. The van der Waals surface area contributed by atoms with Crippen LogP contribution < -0.4 is 0 Å². The van der Waals surface area contributed by atoms with Crippen molar-refractivity contribution >= 4 is 77.3 Å². The predicted octanol–water partition coefficient (Wildman–Crippen LogP) is 6.89. The molecule has 0 amide bonds. The zero-order valence-electron chi connectivity index (χ0n) is 8.97. The Hall–Kier alpha value is 1.11. The van der Waals surface area contributed by atoms with E-state index < -0.39 is 0 Å². The molecule has 1 heterocycles. The Morgan fingerprint density at radius 1 is 1.12 bits per heavy atom. The van der Waals surface area contributed by atoms with Crippen molar-refractivity contribution in [1.82, 2.24) is 4.98 Å². The highest BCUT2D eigenvalue weighted by Gasteiger charge is 2.00. The topological polar surface area (TPSA) is 15.8 Å². The Morgan fingerprint density at radius 3 is 2.41 bits per heavy atom. The van der Waals surface area contributed by atoms with Gasteiger partial charge in [-0.05, 0) is 70.9 Å². The number of benzene rings is 1. The number of hydrogen-bond donors (Lipinski definition) is 1. The second-order valence-electron chi connectivity index (χ2n) is 3.34. The molecule has 1 aromatic heterocycles. The lowest BCUT2D eigenvalue weighted by molar-refractivity contribution is 0.947. The second-order valence-corrected chi connectivity index (χ2v) is 19.5. The molecule has 0 aliphatic carbocycles. The molecule has 0 aliphatic rings. The van der Waals surface area contributed by atoms with Crippen LogP contribution in [0.1, 0.15) is 12.0 Å². The van der Waals surface area contributed by atoms with Gasteiger partial charge in [0.05, 0.1) is 0 Å². The van der Waals surface area contributed by atoms with Gasteiger partial charge in [0, 0.05) is 22.4 Å². The predicted molar refractivity (Wildman–Crippen MR) is 94.1 cm³/mol. The third-order valence-electron chi connectivity index (χ3n) is 2.25. The number of nitrogens with one attached hydrogen (secondary N) is 1. The molecule has 1 nitrogen and oxygen atoms in total. The number of fused-ring (bicyclic) bond motifs is 1. The van der Waals surface area contributed by atoms with E-state index in [4.69, 9.17) is 0 Å². The molecule has 94 valence electrons. The monoisotopic (exact) mass is 505 g/mol. The van der Waals surface area contributed by atoms with E-state index in [9.17, 15) is 0 Å². The van der Waals surface area contributed by atoms with Crippen molar-refractivity contribution in [1.29, 1.82) is 0 Å². The number of H-pyrrole nitrogens is 1. The van der Waals surface area contributed by atoms with E-state index >= 15 is 0 Å². The summed E-state index contributed by atoms with van der Waals surface area (Å²) in [7, 11) is 0. The lowest BCUT2D eigenvalue weighted by atomic mass is 10.1. The van der Waals surface area contributed by atoms with Crippen molar-refractivity contribution < 1.29 is 0 Å². The maximum Gasteiger partial charge on any atom is 0.103 e. The maximum atomic E-state index is 3.45. The smallest absolute Gasteiger partial charge is 0.103 e. The fourth-order valence-electron chi connectivity index (χ4n) is 1.60. The quantitative estimate of drug-likeness (QED) is 0.343. The van der Waals surface area contributed by atoms with Crippen LogP contribution in [-0.4, -0.2) is 10.3 Å². The van der Waals surface area contributed by atoms with Crippen LogP contribution in [0, 0.1) is 0 Å². The third-order valence-corrected chi connectivity index (χ3v) is 2.82. The van der Waals surface area contributed by atoms with Gasteiger partial charge in [-0.1, -0.05) is 34.1 Å². The summed E-state index contributed by atoms with van der Waals surface area (Å²) < 4.78 is -0.183. The molecule has 2 rings (SSSR count). The van der Waals surface area contributed by atoms with Crippen molar-refractivity contribution in [3.63, 3.8) is 0 Å². The Kier molecular flexibility index (Phi) is 8.64. The van der Waals surface area contributed by atoms with Crippen molar-refractivity contribution in [2.45, 2.75) is 12.8 Å². The summed E-state index contributed by atoms with van der Waals surface area (Å²) in [6, 6.07) is 8.45. The molecule has 0 saturated carbocycles. The largest absolute Gasteiger partial charge is 0.361 e. The van der Waals surface area contributed by atoms with E-state index in [2.05, 4.69) is 97.8 Å². The fraction of sp³-hybridized carbons (Fsp3) is 0.273. The molecule has 0 fully saturated rings. The normalized spacial score (nSPS) is 10.4. The molecule has 1 aromatic carbocycles. The average Bonchev–Trinajstić information content (AvgIpc) is 2.69. The highest BCUT2D eigenvalue weighted by molar-refractivity contribution is 9.93. The molecular weight excluding hydrogens is 497 g/mol. The maximum absolute atomic E-state index is 3.45. The molecule has 1 N–H and O–H groups in total. The van der Waals surface area contributed by atoms with Gasteiger partial charge in [0.1, 0.15) is 4.03 Å². The molecule has 6 heteroatoms. The molecular formula is C11H12Br4NP. The zero-order valence-corrected chi connectivity index (χ0v) is 16.2. The molecule has 2 aromatic rings. The van der Waals surface area contributed by atoms with E-state index in [1.807, 2.05) is 0 Å². The minimum Gasteiger partial charge on any atom is -0.361 e. The Balaban J connectivity index is 0.000000317. The van der Waals surface area contributed by atoms with E-state index in [1.165, 1.54) is 22.9 Å². The minimum absolute atomic E-state index is 0.183. The lowest BCUT2D eigenvalue weighted by Crippen LogP contribution is -1.82. The van der Waals surface area contributed by atoms with Gasteiger partial charge in [-0.2, -0.15) is 0 Å². The van der Waals surface area contributed by atoms with Crippen LogP contribution in [0.3, 0.4) is 0 Å². The van der Waals surface area contributed by atoms with Gasteiger partial charge in [-0.25, -0.2) is 0 Å². The first-order valence-corrected chi connectivity index (χ1v) is 13.6. The number of rotatable bonds is 3. The van der Waals surface area contributed by atoms with Gasteiger partial charge in [0.25, 0.3) is 0 Å². The number of halogens is 4. The molecule has 0 atom stereocenters. The second kappa shape index (κ2) is 9.08. The minimum atomic E-state index is -0.183. The van der Waals surface area contributed by atoms with Gasteiger partial charge in [-0.3, -0.25) is 0 Å². The van der Waals surface area contributed by atoms with Crippen LogP contribution in [0.5, 0.6) is 0 Å². The van der Waals surface area contributed by atoms with Crippen molar-refractivity contribution in [2.75, 3.05) is 5.33 Å². The summed E-state index contributed by atoms with van der Waals surface area (Å²) >= 11 is 13.0. The van der Waals surface area contributed by atoms with Crippen LogP contribution in [0.2, 0.25) is 0 Å². The third kappa shape index (κ3) is 6.20. The van der Waals surface area contributed by atoms with Crippen molar-refractivity contribution in [3.05, 3.63) is 36.0 Å². The summed E-state index contributed by atoms with van der Waals surface area (Å²) in [5, 5.41) is 2.44. The fourth-order valence-corrected chi connectivity index (χ4v) is 1.88. The SMILES string of the molecule is BrCCCc1c[nH]c2ccccc12.BrP(Br)Br. The highest BCUT2D eigenvalue weighted by atomic mass is 80.0. The molecule has 0 bridgehead atoms. The van der Waals surface area contributed by atoms with E-state index in [1.54, 1.807) is 0 Å². The first-order chi connectivity index (χ1) is 8.15. The molecule has 0 unspecified atom stereocenters. The van der Waals surface area contributed by atoms with E-state index in [0.29, 0.717) is 0 Å². The van der Waals surface area contributed by atoms with Gasteiger partial charge in [0.15, 0.2) is 0 Å². The van der Waals surface area contributed by atoms with E-state index in [0.717, 1.165) is 11.8 Å². The van der Waals surface area contributed by atoms with Crippen LogP contribution in [0.15, 0.2) is 30.5 Å². The molecule has 0 spiro atoms. The summed E-state index contributed by atoms with van der Waals surface area (Å²) in [6.07, 6.45) is 4.46. The molecule has 0 radical (unpaired) electrons. The summed E-state index contributed by atoms with van der Waals surface area (Å²) in [4.78, 5) is 3.28. The Morgan fingerprint density at radius 2 is 1.76 bits per heavy atom. The molecule has 0 saturated heterocycles. The summed E-state index contributed by atoms with van der Waals surface area (Å²) in [5.74, 6) is 0. The standard InChI is InChI=1S/C11H12BrN.Br3P/c12-7-3-4-9-8-13-11-6-2-1-5-10(9)11;1-4(2)3/h1-2,5-6,8,13H,3-4,7H2;. The van der Waals surface area contributed by atoms with E-state index in [-0.39, 0.29) is 4.03 Å². The first kappa shape index (κ1) is 16.2. The number of alkyl halides is 1. The van der Waals surface area contributed by atoms with Crippen LogP contribution in [-0.2, 0) is 6.42 Å². The average molecular weight is 509 g/mol. The van der Waals surface area contributed by atoms with Gasteiger partial charge in [-0.15, -0.1) is 0 Å². The lowest BCUT2D eigenvalue weighted by Gasteiger charge is -1.95. The molecule has 0 aliphatic heterocycles. The summed E-state index contributed by atoms with van der Waals surface area (Å²) in [6.45, 7) is 0. The Labute approximate surface area is 135 Å². The van der Waals surface area contributed by atoms with Crippen LogP contribution in [0.4, 0.5) is 0 Å². The number of aromatic nitrogens is 1. The van der Waals surface area contributed by atoms with Crippen LogP contribution in [0.25, 0.3) is 10.9 Å².